The highest BCUT2D eigenvalue weighted by Gasteiger charge is 2.33. The molecule has 0 saturated heterocycles. The fourth-order valence-corrected chi connectivity index (χ4v) is 4.15. The van der Waals surface area contributed by atoms with Crippen LogP contribution in [0.2, 0.25) is 0 Å². The number of hydrogen-bond donors (Lipinski definition) is 3. The molecule has 3 N–H and O–H groups in total. The third-order valence-corrected chi connectivity index (χ3v) is 5.40. The Hall–Kier alpha value is -2.40. The number of hydrogen-bond acceptors (Lipinski definition) is 5. The Labute approximate surface area is 150 Å². The number of aromatic nitrogens is 4. The van der Waals surface area contributed by atoms with E-state index in [1.54, 1.807) is 24.0 Å². The van der Waals surface area contributed by atoms with Gasteiger partial charge in [0.1, 0.15) is 6.61 Å². The second kappa shape index (κ2) is 6.84. The molecule has 3 aromatic rings. The number of fused-ring (bicyclic) bond motifs is 1. The predicted octanol–water partition coefficient (Wildman–Crippen LogP) is 1.99. The molecule has 0 aromatic carbocycles. The molecule has 1 atom stereocenters. The summed E-state index contributed by atoms with van der Waals surface area (Å²) in [5.41, 5.74) is 5.33. The molecule has 0 spiro atoms. The molecule has 0 unspecified atom stereocenters. The van der Waals surface area contributed by atoms with Crippen LogP contribution >= 0.6 is 11.3 Å². The van der Waals surface area contributed by atoms with Gasteiger partial charge in [-0.3, -0.25) is 4.90 Å². The van der Waals surface area contributed by atoms with E-state index >= 15 is 0 Å². The fraction of sp³-hybridized carbons (Fsp3) is 0.333. The first-order valence-corrected chi connectivity index (χ1v) is 9.07. The Balaban J connectivity index is 1.64. The first kappa shape index (κ1) is 16.1. The number of aliphatic hydroxyl groups excluding tert-OH is 1. The minimum absolute atomic E-state index is 0.0512. The van der Waals surface area contributed by atoms with Gasteiger partial charge in [0.2, 0.25) is 0 Å². The molecule has 6 nitrogen and oxygen atoms in total. The van der Waals surface area contributed by atoms with Crippen molar-refractivity contribution in [2.75, 3.05) is 13.2 Å². The minimum Gasteiger partial charge on any atom is -0.384 e. The van der Waals surface area contributed by atoms with Crippen molar-refractivity contribution >= 4 is 11.3 Å². The second-order valence-corrected chi connectivity index (χ2v) is 7.06. The first-order chi connectivity index (χ1) is 12.3. The summed E-state index contributed by atoms with van der Waals surface area (Å²) >= 11 is 1.70. The van der Waals surface area contributed by atoms with E-state index in [0.717, 1.165) is 42.2 Å². The smallest absolute Gasteiger partial charge is 0.104 e. The third kappa shape index (κ3) is 3.12. The topological polar surface area (TPSA) is 80.8 Å². The molecule has 0 saturated carbocycles. The van der Waals surface area contributed by atoms with E-state index < -0.39 is 0 Å². The van der Waals surface area contributed by atoms with Crippen LogP contribution in [-0.4, -0.2) is 43.1 Å². The number of nitrogens with one attached hydrogen (secondary N) is 2. The summed E-state index contributed by atoms with van der Waals surface area (Å²) in [4.78, 5) is 19.3. The number of aryl methyl sites for hydroxylation is 1. The summed E-state index contributed by atoms with van der Waals surface area (Å²) in [5, 5.41) is 10.9. The van der Waals surface area contributed by atoms with Crippen molar-refractivity contribution in [1.29, 1.82) is 0 Å². The average molecular weight is 353 g/mol. The summed E-state index contributed by atoms with van der Waals surface area (Å²) < 4.78 is 0. The molecule has 0 radical (unpaired) electrons. The Morgan fingerprint density at radius 2 is 2.16 bits per heavy atom. The molecule has 0 fully saturated rings. The Kier molecular flexibility index (Phi) is 4.40. The number of aliphatic hydroxyl groups is 1. The highest BCUT2D eigenvalue weighted by Crippen LogP contribution is 2.35. The Morgan fingerprint density at radius 3 is 2.96 bits per heavy atom. The zero-order chi connectivity index (χ0) is 17.2. The highest BCUT2D eigenvalue weighted by atomic mass is 32.1. The van der Waals surface area contributed by atoms with Crippen molar-refractivity contribution in [2.24, 2.45) is 0 Å². The van der Waals surface area contributed by atoms with Crippen LogP contribution in [-0.2, 0) is 13.0 Å². The molecule has 1 aliphatic rings. The minimum atomic E-state index is -0.111. The van der Waals surface area contributed by atoms with Gasteiger partial charge in [0.05, 0.1) is 30.1 Å². The molecule has 4 rings (SSSR count). The normalized spacial score (nSPS) is 17.1. The van der Waals surface area contributed by atoms with Gasteiger partial charge in [0.25, 0.3) is 0 Å². The standard InChI is InChI=1S/C18H19N5OS/c1-12-16(21-10-19-12)18-17-15(20-11-22-17)4-5-23(18)8-14-7-13(9-25-14)3-2-6-24/h7,9-11,18,24H,4-6,8H2,1H3,(H,19,21)(H,20,22)/t18-/m0/s1. The van der Waals surface area contributed by atoms with Gasteiger partial charge in [-0.2, -0.15) is 0 Å². The number of imidazole rings is 2. The number of rotatable bonds is 3. The van der Waals surface area contributed by atoms with E-state index in [1.807, 2.05) is 5.38 Å². The van der Waals surface area contributed by atoms with Gasteiger partial charge >= 0.3 is 0 Å². The molecule has 7 heteroatoms. The van der Waals surface area contributed by atoms with E-state index in [2.05, 4.69) is 49.7 Å². The van der Waals surface area contributed by atoms with Crippen molar-refractivity contribution < 1.29 is 5.11 Å². The van der Waals surface area contributed by atoms with Gasteiger partial charge < -0.3 is 15.1 Å². The Morgan fingerprint density at radius 1 is 1.32 bits per heavy atom. The van der Waals surface area contributed by atoms with Crippen molar-refractivity contribution in [2.45, 2.75) is 25.9 Å². The summed E-state index contributed by atoms with van der Waals surface area (Å²) in [7, 11) is 0. The van der Waals surface area contributed by atoms with E-state index in [4.69, 9.17) is 5.11 Å². The van der Waals surface area contributed by atoms with Crippen LogP contribution in [0.4, 0.5) is 0 Å². The summed E-state index contributed by atoms with van der Waals surface area (Å²) in [6.07, 6.45) is 4.48. The lowest BCUT2D eigenvalue weighted by molar-refractivity contribution is 0.198. The van der Waals surface area contributed by atoms with Gasteiger partial charge in [-0.15, -0.1) is 11.3 Å². The molecule has 0 aliphatic carbocycles. The van der Waals surface area contributed by atoms with Crippen LogP contribution < -0.4 is 0 Å². The first-order valence-electron chi connectivity index (χ1n) is 8.19. The molecule has 0 bridgehead atoms. The van der Waals surface area contributed by atoms with Gasteiger partial charge in [-0.25, -0.2) is 9.97 Å². The second-order valence-electron chi connectivity index (χ2n) is 6.06. The SMILES string of the molecule is Cc1[nH]cnc1[C@H]1c2nc[nH]c2CCN1Cc1cc(C#CCO)cs1. The predicted molar refractivity (Wildman–Crippen MR) is 96.2 cm³/mol. The molecule has 25 heavy (non-hydrogen) atoms. The highest BCUT2D eigenvalue weighted by molar-refractivity contribution is 7.10. The molecule has 0 amide bonds. The van der Waals surface area contributed by atoms with Crippen LogP contribution in [0.1, 0.15) is 39.3 Å². The van der Waals surface area contributed by atoms with Crippen LogP contribution in [0.25, 0.3) is 0 Å². The van der Waals surface area contributed by atoms with Crippen LogP contribution in [0.5, 0.6) is 0 Å². The van der Waals surface area contributed by atoms with E-state index in [9.17, 15) is 0 Å². The lowest BCUT2D eigenvalue weighted by atomic mass is 9.98. The lowest BCUT2D eigenvalue weighted by Crippen LogP contribution is -2.36. The summed E-state index contributed by atoms with van der Waals surface area (Å²) in [6, 6.07) is 2.15. The number of H-pyrrole nitrogens is 2. The average Bonchev–Trinajstić information content (AvgIpc) is 3.34. The molecule has 4 heterocycles. The summed E-state index contributed by atoms with van der Waals surface area (Å²) in [5.74, 6) is 5.67. The molecular formula is C18H19N5OS. The van der Waals surface area contributed by atoms with Gasteiger partial charge in [-0.05, 0) is 13.0 Å². The zero-order valence-corrected chi connectivity index (χ0v) is 14.7. The molecule has 128 valence electrons. The number of aromatic amines is 2. The van der Waals surface area contributed by atoms with Crippen molar-refractivity contribution in [3.63, 3.8) is 0 Å². The molecule has 3 aromatic heterocycles. The largest absolute Gasteiger partial charge is 0.384 e. The maximum absolute atomic E-state index is 8.84. The van der Waals surface area contributed by atoms with Crippen molar-refractivity contribution in [1.82, 2.24) is 24.8 Å². The third-order valence-electron chi connectivity index (χ3n) is 4.48. The van der Waals surface area contributed by atoms with E-state index in [-0.39, 0.29) is 12.6 Å². The van der Waals surface area contributed by atoms with Crippen LogP contribution in [0.15, 0.2) is 24.1 Å². The van der Waals surface area contributed by atoms with Crippen LogP contribution in [0.3, 0.4) is 0 Å². The van der Waals surface area contributed by atoms with Crippen LogP contribution in [0, 0.1) is 18.8 Å². The maximum Gasteiger partial charge on any atom is 0.104 e. The maximum atomic E-state index is 8.84. The van der Waals surface area contributed by atoms with Gasteiger partial charge in [0.15, 0.2) is 0 Å². The molecular weight excluding hydrogens is 334 g/mol. The van der Waals surface area contributed by atoms with E-state index in [0.29, 0.717) is 0 Å². The quantitative estimate of drug-likeness (QED) is 0.629. The van der Waals surface area contributed by atoms with Gasteiger partial charge in [-0.1, -0.05) is 11.8 Å². The monoisotopic (exact) mass is 353 g/mol. The number of nitrogens with zero attached hydrogens (tertiary/aromatic N) is 3. The summed E-state index contributed by atoms with van der Waals surface area (Å²) in [6.45, 7) is 3.71. The van der Waals surface area contributed by atoms with Crippen molar-refractivity contribution in [3.8, 4) is 11.8 Å². The van der Waals surface area contributed by atoms with E-state index in [1.165, 1.54) is 10.6 Å². The zero-order valence-electron chi connectivity index (χ0n) is 13.9. The van der Waals surface area contributed by atoms with Gasteiger partial charge in [0, 0.05) is 46.7 Å². The lowest BCUT2D eigenvalue weighted by Gasteiger charge is -2.34. The molecule has 1 aliphatic heterocycles. The Bertz CT molecular complexity index is 929. The fourth-order valence-electron chi connectivity index (χ4n) is 3.31. The number of thiophene rings is 1. The van der Waals surface area contributed by atoms with Crippen molar-refractivity contribution in [3.05, 3.63) is 57.3 Å².